The van der Waals surface area contributed by atoms with Crippen molar-refractivity contribution in [2.24, 2.45) is 0 Å². The Labute approximate surface area is 128 Å². The number of hydrogen-bond donors (Lipinski definition) is 1. The molecule has 2 unspecified atom stereocenters. The van der Waals surface area contributed by atoms with Gasteiger partial charge in [0.1, 0.15) is 0 Å². The molecule has 0 amide bonds. The van der Waals surface area contributed by atoms with Gasteiger partial charge >= 0.3 is 0 Å². The Bertz CT molecular complexity index is 629. The lowest BCUT2D eigenvalue weighted by molar-refractivity contribution is 0.434. The van der Waals surface area contributed by atoms with Gasteiger partial charge in [-0.15, -0.1) is 0 Å². The quantitative estimate of drug-likeness (QED) is 0.837. The Balaban J connectivity index is 1.81. The minimum atomic E-state index is 0.466. The van der Waals surface area contributed by atoms with E-state index in [1.165, 1.54) is 29.5 Å². The summed E-state index contributed by atoms with van der Waals surface area (Å²) in [4.78, 5) is 0. The van der Waals surface area contributed by atoms with Gasteiger partial charge in [0, 0.05) is 6.04 Å². The highest BCUT2D eigenvalue weighted by atomic mass is 14.9. The maximum absolute atomic E-state index is 3.70. The van der Waals surface area contributed by atoms with Crippen LogP contribution in [0.5, 0.6) is 0 Å². The van der Waals surface area contributed by atoms with E-state index in [0.717, 1.165) is 6.54 Å². The van der Waals surface area contributed by atoms with E-state index >= 15 is 0 Å². The van der Waals surface area contributed by atoms with Gasteiger partial charge in [0.2, 0.25) is 0 Å². The summed E-state index contributed by atoms with van der Waals surface area (Å²) >= 11 is 0. The second-order valence-corrected chi connectivity index (χ2v) is 6.31. The Morgan fingerprint density at radius 2 is 1.95 bits per heavy atom. The largest absolute Gasteiger partial charge is 0.310 e. The van der Waals surface area contributed by atoms with E-state index in [4.69, 9.17) is 0 Å². The molecule has 0 radical (unpaired) electrons. The number of benzene rings is 2. The molecule has 0 saturated carbocycles. The average Bonchev–Trinajstić information content (AvgIpc) is 2.46. The molecule has 0 heterocycles. The maximum Gasteiger partial charge on any atom is 0.0328 e. The Kier molecular flexibility index (Phi) is 4.12. The molecule has 1 nitrogen and oxygen atoms in total. The van der Waals surface area contributed by atoms with Gasteiger partial charge in [-0.1, -0.05) is 55.0 Å². The molecule has 2 aromatic carbocycles. The molecule has 1 aliphatic rings. The number of aryl methyl sites for hydroxylation is 2. The molecule has 0 bridgehead atoms. The monoisotopic (exact) mass is 279 g/mol. The van der Waals surface area contributed by atoms with E-state index in [1.54, 1.807) is 11.1 Å². The molecule has 2 atom stereocenters. The zero-order chi connectivity index (χ0) is 14.8. The van der Waals surface area contributed by atoms with Gasteiger partial charge in [-0.25, -0.2) is 0 Å². The van der Waals surface area contributed by atoms with Crippen LogP contribution in [-0.4, -0.2) is 6.54 Å². The standard InChI is InChI=1S/C20H25N/c1-4-21-20(19-11-14(2)9-10-15(19)3)13-17-12-16-7-5-6-8-18(16)17/h5-11,17,20-21H,4,12-13H2,1-3H3. The van der Waals surface area contributed by atoms with Crippen LogP contribution in [0.2, 0.25) is 0 Å². The molecule has 0 aliphatic heterocycles. The van der Waals surface area contributed by atoms with E-state index in [0.29, 0.717) is 12.0 Å². The summed E-state index contributed by atoms with van der Waals surface area (Å²) in [5.74, 6) is 0.713. The van der Waals surface area contributed by atoms with Crippen LogP contribution < -0.4 is 5.32 Å². The van der Waals surface area contributed by atoms with E-state index < -0.39 is 0 Å². The fourth-order valence-corrected chi connectivity index (χ4v) is 3.56. The predicted octanol–water partition coefficient (Wildman–Crippen LogP) is 4.68. The molecule has 1 aliphatic carbocycles. The SMILES string of the molecule is CCNC(CC1Cc2ccccc21)c1cc(C)ccc1C. The molecule has 1 heteroatoms. The van der Waals surface area contributed by atoms with Gasteiger partial charge < -0.3 is 5.32 Å². The van der Waals surface area contributed by atoms with Crippen molar-refractivity contribution >= 4 is 0 Å². The molecule has 0 aromatic heterocycles. The van der Waals surface area contributed by atoms with Gasteiger partial charge in [0.25, 0.3) is 0 Å². The van der Waals surface area contributed by atoms with Crippen LogP contribution in [0.25, 0.3) is 0 Å². The summed E-state index contributed by atoms with van der Waals surface area (Å²) < 4.78 is 0. The van der Waals surface area contributed by atoms with Crippen molar-refractivity contribution in [2.75, 3.05) is 6.54 Å². The van der Waals surface area contributed by atoms with Gasteiger partial charge in [-0.2, -0.15) is 0 Å². The summed E-state index contributed by atoms with van der Waals surface area (Å²) in [7, 11) is 0. The third-order valence-corrected chi connectivity index (χ3v) is 4.74. The Hall–Kier alpha value is -1.60. The first-order valence-electron chi connectivity index (χ1n) is 8.07. The molecule has 2 aromatic rings. The van der Waals surface area contributed by atoms with E-state index in [2.05, 4.69) is 68.6 Å². The van der Waals surface area contributed by atoms with E-state index in [9.17, 15) is 0 Å². The molecule has 0 spiro atoms. The number of rotatable bonds is 5. The van der Waals surface area contributed by atoms with Gasteiger partial charge in [-0.3, -0.25) is 0 Å². The van der Waals surface area contributed by atoms with Gasteiger partial charge in [0.05, 0.1) is 0 Å². The molecule has 3 rings (SSSR count). The second-order valence-electron chi connectivity index (χ2n) is 6.31. The highest BCUT2D eigenvalue weighted by Crippen LogP contribution is 2.41. The van der Waals surface area contributed by atoms with Crippen LogP contribution in [-0.2, 0) is 6.42 Å². The zero-order valence-electron chi connectivity index (χ0n) is 13.3. The minimum absolute atomic E-state index is 0.466. The van der Waals surface area contributed by atoms with Gasteiger partial charge in [0.15, 0.2) is 0 Å². The van der Waals surface area contributed by atoms with Crippen LogP contribution in [0, 0.1) is 13.8 Å². The van der Waals surface area contributed by atoms with Gasteiger partial charge in [-0.05, 0) is 61.4 Å². The highest BCUT2D eigenvalue weighted by molar-refractivity contribution is 5.41. The summed E-state index contributed by atoms with van der Waals surface area (Å²) in [6.45, 7) is 7.64. The third-order valence-electron chi connectivity index (χ3n) is 4.74. The van der Waals surface area contributed by atoms with Crippen molar-refractivity contribution in [1.82, 2.24) is 5.32 Å². The summed E-state index contributed by atoms with van der Waals surface area (Å²) in [5, 5.41) is 3.70. The topological polar surface area (TPSA) is 12.0 Å². The van der Waals surface area contributed by atoms with Crippen LogP contribution >= 0.6 is 0 Å². The van der Waals surface area contributed by atoms with Crippen LogP contribution in [0.15, 0.2) is 42.5 Å². The van der Waals surface area contributed by atoms with Crippen molar-refractivity contribution in [1.29, 1.82) is 0 Å². The highest BCUT2D eigenvalue weighted by Gasteiger charge is 2.28. The van der Waals surface area contributed by atoms with E-state index in [1.807, 2.05) is 0 Å². The molecule has 0 saturated heterocycles. The normalized spacial score (nSPS) is 18.0. The lowest BCUT2D eigenvalue weighted by Crippen LogP contribution is -2.27. The van der Waals surface area contributed by atoms with Crippen LogP contribution in [0.3, 0.4) is 0 Å². The van der Waals surface area contributed by atoms with Crippen molar-refractivity contribution in [2.45, 2.75) is 45.6 Å². The molecule has 21 heavy (non-hydrogen) atoms. The molecule has 1 N–H and O–H groups in total. The Morgan fingerprint density at radius 3 is 2.71 bits per heavy atom. The number of fused-ring (bicyclic) bond motifs is 1. The first-order valence-corrected chi connectivity index (χ1v) is 8.07. The lowest BCUT2D eigenvalue weighted by atomic mass is 9.73. The smallest absolute Gasteiger partial charge is 0.0328 e. The average molecular weight is 279 g/mol. The summed E-state index contributed by atoms with van der Waals surface area (Å²) in [6, 6.07) is 16.2. The Morgan fingerprint density at radius 1 is 1.14 bits per heavy atom. The van der Waals surface area contributed by atoms with Crippen LogP contribution in [0.4, 0.5) is 0 Å². The first-order chi connectivity index (χ1) is 10.2. The molecule has 110 valence electrons. The lowest BCUT2D eigenvalue weighted by Gasteiger charge is -2.34. The predicted molar refractivity (Wildman–Crippen MR) is 89.8 cm³/mol. The van der Waals surface area contributed by atoms with Crippen molar-refractivity contribution < 1.29 is 0 Å². The summed E-state index contributed by atoms with van der Waals surface area (Å²) in [5.41, 5.74) is 7.33. The summed E-state index contributed by atoms with van der Waals surface area (Å²) in [6.07, 6.45) is 2.44. The third kappa shape index (κ3) is 2.89. The van der Waals surface area contributed by atoms with Crippen molar-refractivity contribution in [3.05, 3.63) is 70.3 Å². The molecular weight excluding hydrogens is 254 g/mol. The van der Waals surface area contributed by atoms with Crippen molar-refractivity contribution in [3.63, 3.8) is 0 Å². The molecular formula is C20H25N. The number of nitrogens with one attached hydrogen (secondary N) is 1. The molecule has 0 fully saturated rings. The van der Waals surface area contributed by atoms with E-state index in [-0.39, 0.29) is 0 Å². The fraction of sp³-hybridized carbons (Fsp3) is 0.400. The fourth-order valence-electron chi connectivity index (χ4n) is 3.56. The maximum atomic E-state index is 3.70. The number of hydrogen-bond acceptors (Lipinski definition) is 1. The van der Waals surface area contributed by atoms with Crippen molar-refractivity contribution in [3.8, 4) is 0 Å². The minimum Gasteiger partial charge on any atom is -0.310 e. The second kappa shape index (κ2) is 6.03. The zero-order valence-corrected chi connectivity index (χ0v) is 13.3. The van der Waals surface area contributed by atoms with Crippen LogP contribution in [0.1, 0.15) is 53.1 Å². The first kappa shape index (κ1) is 14.3.